The third-order valence-electron chi connectivity index (χ3n) is 3.61. The van der Waals surface area contributed by atoms with Gasteiger partial charge in [0, 0.05) is 12.7 Å². The Morgan fingerprint density at radius 3 is 2.48 bits per heavy atom. The first kappa shape index (κ1) is 20.3. The Morgan fingerprint density at radius 2 is 1.81 bits per heavy atom. The number of likely N-dealkylation sites (N-methyl/N-ethyl adjacent to an activating group) is 1. The molecule has 142 valence electrons. The van der Waals surface area contributed by atoms with Crippen molar-refractivity contribution in [3.8, 4) is 0 Å². The minimum Gasteiger partial charge on any atom is -0.445 e. The van der Waals surface area contributed by atoms with Crippen molar-refractivity contribution in [3.63, 3.8) is 0 Å². The van der Waals surface area contributed by atoms with Gasteiger partial charge in [0.1, 0.15) is 18.5 Å². The first-order valence-electron chi connectivity index (χ1n) is 8.18. The van der Waals surface area contributed by atoms with Gasteiger partial charge in [-0.15, -0.1) is 11.6 Å². The number of benzene rings is 2. The molecule has 0 saturated heterocycles. The summed E-state index contributed by atoms with van der Waals surface area (Å²) in [7, 11) is 1.46. The number of halogens is 1. The van der Waals surface area contributed by atoms with E-state index in [4.69, 9.17) is 16.3 Å². The monoisotopic (exact) mass is 389 g/mol. The maximum absolute atomic E-state index is 12.2. The molecule has 2 rings (SSSR count). The van der Waals surface area contributed by atoms with Crippen LogP contribution in [-0.4, -0.2) is 30.8 Å². The molecule has 0 radical (unpaired) electrons. The van der Waals surface area contributed by atoms with E-state index in [2.05, 4.69) is 16.0 Å². The zero-order valence-electron chi connectivity index (χ0n) is 14.7. The summed E-state index contributed by atoms with van der Waals surface area (Å²) in [5, 5.41) is 7.63. The summed E-state index contributed by atoms with van der Waals surface area (Å²) in [5.41, 5.74) is 1.78. The van der Waals surface area contributed by atoms with Crippen LogP contribution in [0.5, 0.6) is 0 Å². The van der Waals surface area contributed by atoms with Crippen molar-refractivity contribution < 1.29 is 19.1 Å². The standard InChI is InChI=1S/C19H20ClN3O4/c1-21-18(25)17(14-8-5-9-15(10-14)22-16(24)11-20)23-19(26)27-12-13-6-3-2-4-7-13/h2-10,17H,11-12H2,1H3,(H,21,25)(H,22,24)(H,23,26)/t17-/m1/s1. The molecule has 3 amide bonds. The number of carbonyl (C=O) groups is 3. The summed E-state index contributed by atoms with van der Waals surface area (Å²) in [4.78, 5) is 35.8. The molecule has 0 aliphatic heterocycles. The van der Waals surface area contributed by atoms with Gasteiger partial charge in [0.2, 0.25) is 11.8 Å². The fourth-order valence-corrected chi connectivity index (χ4v) is 2.38. The molecule has 0 saturated carbocycles. The van der Waals surface area contributed by atoms with Crippen molar-refractivity contribution in [2.45, 2.75) is 12.6 Å². The lowest BCUT2D eigenvalue weighted by molar-refractivity contribution is -0.122. The Labute approximate surface area is 162 Å². The van der Waals surface area contributed by atoms with Gasteiger partial charge in [-0.25, -0.2) is 4.79 Å². The van der Waals surface area contributed by atoms with Crippen molar-refractivity contribution in [1.82, 2.24) is 10.6 Å². The van der Waals surface area contributed by atoms with Crippen LogP contribution in [0.2, 0.25) is 0 Å². The third kappa shape index (κ3) is 6.31. The average Bonchev–Trinajstić information content (AvgIpc) is 2.70. The van der Waals surface area contributed by atoms with Crippen molar-refractivity contribution in [2.24, 2.45) is 0 Å². The highest BCUT2D eigenvalue weighted by Crippen LogP contribution is 2.19. The maximum atomic E-state index is 12.2. The second kappa shape index (κ2) is 10.2. The minimum absolute atomic E-state index is 0.0823. The molecule has 0 unspecified atom stereocenters. The van der Waals surface area contributed by atoms with E-state index >= 15 is 0 Å². The number of hydrogen-bond donors (Lipinski definition) is 3. The molecule has 27 heavy (non-hydrogen) atoms. The molecule has 0 aromatic heterocycles. The average molecular weight is 390 g/mol. The van der Waals surface area contributed by atoms with E-state index in [0.717, 1.165) is 5.56 Å². The highest BCUT2D eigenvalue weighted by molar-refractivity contribution is 6.29. The molecule has 0 aliphatic rings. The lowest BCUT2D eigenvalue weighted by Gasteiger charge is -2.18. The van der Waals surface area contributed by atoms with E-state index in [1.807, 2.05) is 30.3 Å². The predicted molar refractivity (Wildman–Crippen MR) is 102 cm³/mol. The zero-order chi connectivity index (χ0) is 19.6. The van der Waals surface area contributed by atoms with Gasteiger partial charge in [0.25, 0.3) is 0 Å². The van der Waals surface area contributed by atoms with E-state index < -0.39 is 18.0 Å². The first-order chi connectivity index (χ1) is 13.0. The normalized spacial score (nSPS) is 11.2. The van der Waals surface area contributed by atoms with Gasteiger partial charge in [-0.2, -0.15) is 0 Å². The smallest absolute Gasteiger partial charge is 0.408 e. The summed E-state index contributed by atoms with van der Waals surface area (Å²) in [6.07, 6.45) is -0.734. The maximum Gasteiger partial charge on any atom is 0.408 e. The van der Waals surface area contributed by atoms with Gasteiger partial charge < -0.3 is 20.7 Å². The van der Waals surface area contributed by atoms with Gasteiger partial charge in [-0.1, -0.05) is 42.5 Å². The van der Waals surface area contributed by atoms with Crippen molar-refractivity contribution in [1.29, 1.82) is 0 Å². The molecular weight excluding hydrogens is 370 g/mol. The van der Waals surface area contributed by atoms with E-state index in [9.17, 15) is 14.4 Å². The van der Waals surface area contributed by atoms with E-state index in [0.29, 0.717) is 11.3 Å². The fraction of sp³-hybridized carbons (Fsp3) is 0.211. The van der Waals surface area contributed by atoms with Gasteiger partial charge in [0.05, 0.1) is 0 Å². The van der Waals surface area contributed by atoms with Crippen LogP contribution in [0.1, 0.15) is 17.2 Å². The SMILES string of the molecule is CNC(=O)[C@H](NC(=O)OCc1ccccc1)c1cccc(NC(=O)CCl)c1. The lowest BCUT2D eigenvalue weighted by atomic mass is 10.1. The largest absolute Gasteiger partial charge is 0.445 e. The number of hydrogen-bond acceptors (Lipinski definition) is 4. The second-order valence-corrected chi connectivity index (χ2v) is 5.83. The molecule has 3 N–H and O–H groups in total. The molecule has 7 nitrogen and oxygen atoms in total. The number of anilines is 1. The number of rotatable bonds is 7. The lowest BCUT2D eigenvalue weighted by Crippen LogP contribution is -2.39. The predicted octanol–water partition coefficient (Wildman–Crippen LogP) is 2.58. The first-order valence-corrected chi connectivity index (χ1v) is 8.71. The van der Waals surface area contributed by atoms with Crippen molar-refractivity contribution >= 4 is 35.2 Å². The van der Waals surface area contributed by atoms with Crippen molar-refractivity contribution in [3.05, 3.63) is 65.7 Å². The molecule has 0 fully saturated rings. The Balaban J connectivity index is 2.08. The zero-order valence-corrected chi connectivity index (χ0v) is 15.5. The Bertz CT molecular complexity index is 799. The number of nitrogens with one attached hydrogen (secondary N) is 3. The van der Waals surface area contributed by atoms with E-state index in [-0.39, 0.29) is 18.4 Å². The van der Waals surface area contributed by atoms with Gasteiger partial charge >= 0.3 is 6.09 Å². The number of carbonyl (C=O) groups excluding carboxylic acids is 3. The quantitative estimate of drug-likeness (QED) is 0.634. The van der Waals surface area contributed by atoms with E-state index in [1.54, 1.807) is 24.3 Å². The fourth-order valence-electron chi connectivity index (χ4n) is 2.32. The molecule has 0 aliphatic carbocycles. The van der Waals surface area contributed by atoms with Crippen molar-refractivity contribution in [2.75, 3.05) is 18.2 Å². The third-order valence-corrected chi connectivity index (χ3v) is 3.85. The van der Waals surface area contributed by atoms with Crippen LogP contribution < -0.4 is 16.0 Å². The number of ether oxygens (including phenoxy) is 1. The van der Waals surface area contributed by atoms with Crippen LogP contribution in [0.15, 0.2) is 54.6 Å². The summed E-state index contributed by atoms with van der Waals surface area (Å²) in [5.74, 6) is -0.985. The van der Waals surface area contributed by atoms with Gasteiger partial charge in [-0.05, 0) is 23.3 Å². The summed E-state index contributed by atoms with van der Waals surface area (Å²) in [6, 6.07) is 14.8. The highest BCUT2D eigenvalue weighted by Gasteiger charge is 2.23. The second-order valence-electron chi connectivity index (χ2n) is 5.56. The van der Waals surface area contributed by atoms with Crippen LogP contribution in [0.3, 0.4) is 0 Å². The van der Waals surface area contributed by atoms with E-state index in [1.165, 1.54) is 7.05 Å². The summed E-state index contributed by atoms with van der Waals surface area (Å²) >= 11 is 5.48. The van der Waals surface area contributed by atoms with Crippen LogP contribution in [-0.2, 0) is 20.9 Å². The van der Waals surface area contributed by atoms with Crippen LogP contribution in [0.25, 0.3) is 0 Å². The van der Waals surface area contributed by atoms with Gasteiger partial charge in [0.15, 0.2) is 0 Å². The Hall–Kier alpha value is -3.06. The number of alkyl halides is 1. The molecule has 0 spiro atoms. The topological polar surface area (TPSA) is 96.5 Å². The van der Waals surface area contributed by atoms with Gasteiger partial charge in [-0.3, -0.25) is 9.59 Å². The van der Waals surface area contributed by atoms with Crippen LogP contribution in [0.4, 0.5) is 10.5 Å². The summed E-state index contributed by atoms with van der Waals surface area (Å²) < 4.78 is 5.17. The molecule has 0 bridgehead atoms. The molecule has 8 heteroatoms. The molecule has 2 aromatic carbocycles. The number of amides is 3. The number of alkyl carbamates (subject to hydrolysis) is 1. The van der Waals surface area contributed by atoms with Crippen LogP contribution >= 0.6 is 11.6 Å². The molecule has 0 heterocycles. The molecule has 1 atom stereocenters. The minimum atomic E-state index is -0.980. The molecular formula is C19H20ClN3O4. The summed E-state index contributed by atoms with van der Waals surface area (Å²) in [6.45, 7) is 0.0823. The highest BCUT2D eigenvalue weighted by atomic mass is 35.5. The Morgan fingerprint density at radius 1 is 1.07 bits per heavy atom. The van der Waals surface area contributed by atoms with Crippen LogP contribution in [0, 0.1) is 0 Å². The Kier molecular flexibility index (Phi) is 7.63. The molecule has 2 aromatic rings.